The Kier molecular flexibility index (Phi) is 5.09. The fourth-order valence-electron chi connectivity index (χ4n) is 2.15. The van der Waals surface area contributed by atoms with E-state index in [2.05, 4.69) is 10.0 Å². The first-order valence-corrected chi connectivity index (χ1v) is 8.41. The molecule has 0 aliphatic carbocycles. The van der Waals surface area contributed by atoms with Crippen LogP contribution in [0.25, 0.3) is 0 Å². The van der Waals surface area contributed by atoms with Crippen molar-refractivity contribution in [3.05, 3.63) is 28.2 Å². The van der Waals surface area contributed by atoms with E-state index in [4.69, 9.17) is 23.2 Å². The van der Waals surface area contributed by atoms with E-state index in [9.17, 15) is 8.42 Å². The van der Waals surface area contributed by atoms with Crippen molar-refractivity contribution < 1.29 is 8.42 Å². The van der Waals surface area contributed by atoms with Crippen LogP contribution in [0.3, 0.4) is 0 Å². The minimum absolute atomic E-state index is 0.0319. The van der Waals surface area contributed by atoms with Crippen LogP contribution < -0.4 is 10.0 Å². The second-order valence-electron chi connectivity index (χ2n) is 4.55. The van der Waals surface area contributed by atoms with Gasteiger partial charge in [0, 0.05) is 6.04 Å². The van der Waals surface area contributed by atoms with Crippen molar-refractivity contribution >= 4 is 33.2 Å². The van der Waals surface area contributed by atoms with Crippen molar-refractivity contribution in [2.45, 2.75) is 30.2 Å². The molecule has 1 fully saturated rings. The van der Waals surface area contributed by atoms with Crippen LogP contribution in [0, 0.1) is 0 Å². The monoisotopic (exact) mass is 322 g/mol. The molecule has 0 saturated carbocycles. The number of sulfonamides is 1. The Hall–Kier alpha value is -0.330. The summed E-state index contributed by atoms with van der Waals surface area (Å²) in [5.74, 6) is 0. The van der Waals surface area contributed by atoms with Crippen molar-refractivity contribution in [2.75, 3.05) is 13.1 Å². The molecule has 2 rings (SSSR count). The third kappa shape index (κ3) is 3.83. The summed E-state index contributed by atoms with van der Waals surface area (Å²) in [7, 11) is -3.68. The molecular weight excluding hydrogens is 307 g/mol. The van der Waals surface area contributed by atoms with Crippen LogP contribution in [0.2, 0.25) is 10.0 Å². The lowest BCUT2D eigenvalue weighted by Gasteiger charge is -2.17. The lowest BCUT2D eigenvalue weighted by Crippen LogP contribution is -2.35. The first-order chi connectivity index (χ1) is 9.00. The van der Waals surface area contributed by atoms with Gasteiger partial charge < -0.3 is 5.32 Å². The van der Waals surface area contributed by atoms with Gasteiger partial charge >= 0.3 is 0 Å². The summed E-state index contributed by atoms with van der Waals surface area (Å²) in [6, 6.07) is 4.60. The van der Waals surface area contributed by atoms with E-state index in [0.29, 0.717) is 0 Å². The molecule has 0 aromatic heterocycles. The molecular formula is C12H16Cl2N2O2S. The van der Waals surface area contributed by atoms with E-state index in [1.54, 1.807) is 6.07 Å². The highest BCUT2D eigenvalue weighted by Crippen LogP contribution is 2.29. The maximum Gasteiger partial charge on any atom is 0.243 e. The molecule has 1 saturated heterocycles. The number of hydrogen-bond donors (Lipinski definition) is 2. The molecule has 1 aliphatic rings. The molecule has 0 amide bonds. The zero-order valence-corrected chi connectivity index (χ0v) is 12.7. The predicted octanol–water partition coefficient (Wildman–Crippen LogP) is 2.41. The Morgan fingerprint density at radius 2 is 1.84 bits per heavy atom. The predicted molar refractivity (Wildman–Crippen MR) is 77.3 cm³/mol. The topological polar surface area (TPSA) is 58.2 Å². The van der Waals surface area contributed by atoms with E-state index in [0.717, 1.165) is 32.4 Å². The number of rotatable bonds is 3. The first-order valence-electron chi connectivity index (χ1n) is 6.18. The van der Waals surface area contributed by atoms with Gasteiger partial charge in [-0.3, -0.25) is 0 Å². The zero-order chi connectivity index (χ0) is 13.9. The number of benzene rings is 1. The number of nitrogens with one attached hydrogen (secondary N) is 2. The quantitative estimate of drug-likeness (QED) is 0.898. The molecule has 2 N–H and O–H groups in total. The molecule has 1 aromatic carbocycles. The van der Waals surface area contributed by atoms with Crippen molar-refractivity contribution in [3.8, 4) is 0 Å². The highest BCUT2D eigenvalue weighted by atomic mass is 35.5. The summed E-state index contributed by atoms with van der Waals surface area (Å²) >= 11 is 11.9. The van der Waals surface area contributed by atoms with Gasteiger partial charge in [-0.2, -0.15) is 0 Å². The van der Waals surface area contributed by atoms with Crippen molar-refractivity contribution in [1.29, 1.82) is 0 Å². The molecule has 19 heavy (non-hydrogen) atoms. The van der Waals surface area contributed by atoms with Crippen LogP contribution in [-0.4, -0.2) is 27.5 Å². The smallest absolute Gasteiger partial charge is 0.243 e. The van der Waals surface area contributed by atoms with Gasteiger partial charge in [0.25, 0.3) is 0 Å². The second-order valence-corrected chi connectivity index (χ2v) is 7.02. The number of halogens is 2. The van der Waals surface area contributed by atoms with Gasteiger partial charge in [-0.05, 0) is 44.5 Å². The van der Waals surface area contributed by atoms with E-state index in [1.165, 1.54) is 12.1 Å². The molecule has 1 aliphatic heterocycles. The van der Waals surface area contributed by atoms with Gasteiger partial charge in [0.05, 0.1) is 10.0 Å². The molecule has 1 heterocycles. The third-order valence-corrected chi connectivity index (χ3v) is 5.56. The van der Waals surface area contributed by atoms with Gasteiger partial charge in [0.1, 0.15) is 4.90 Å². The molecule has 1 aromatic rings. The average molecular weight is 323 g/mol. The molecule has 7 heteroatoms. The van der Waals surface area contributed by atoms with Crippen molar-refractivity contribution in [2.24, 2.45) is 0 Å². The molecule has 0 spiro atoms. The van der Waals surface area contributed by atoms with Gasteiger partial charge in [-0.25, -0.2) is 13.1 Å². The minimum Gasteiger partial charge on any atom is -0.317 e. The Balaban J connectivity index is 2.22. The maximum atomic E-state index is 12.4. The van der Waals surface area contributed by atoms with Crippen LogP contribution in [-0.2, 0) is 10.0 Å². The first kappa shape index (κ1) is 15.1. The minimum atomic E-state index is -3.68. The summed E-state index contributed by atoms with van der Waals surface area (Å²) in [6.45, 7) is 1.73. The van der Waals surface area contributed by atoms with E-state index in [-0.39, 0.29) is 21.0 Å². The Labute approximate surface area is 123 Å². The molecule has 0 bridgehead atoms. The van der Waals surface area contributed by atoms with Gasteiger partial charge in [0.2, 0.25) is 10.0 Å². The SMILES string of the molecule is O=S(=O)(NC1CCCNCC1)c1c(Cl)cccc1Cl. The zero-order valence-electron chi connectivity index (χ0n) is 10.3. The summed E-state index contributed by atoms with van der Waals surface area (Å²) in [5, 5.41) is 3.53. The number of hydrogen-bond acceptors (Lipinski definition) is 3. The highest BCUT2D eigenvalue weighted by molar-refractivity contribution is 7.89. The Morgan fingerprint density at radius 3 is 2.53 bits per heavy atom. The lowest BCUT2D eigenvalue weighted by atomic mass is 10.1. The van der Waals surface area contributed by atoms with Gasteiger partial charge in [-0.15, -0.1) is 0 Å². The third-order valence-electron chi connectivity index (χ3n) is 3.09. The molecule has 106 valence electrons. The Morgan fingerprint density at radius 1 is 1.16 bits per heavy atom. The maximum absolute atomic E-state index is 12.4. The molecule has 1 atom stereocenters. The summed E-state index contributed by atoms with van der Waals surface area (Å²) in [5.41, 5.74) is 0. The summed E-state index contributed by atoms with van der Waals surface area (Å²) in [4.78, 5) is -0.0319. The van der Waals surface area contributed by atoms with Crippen LogP contribution >= 0.6 is 23.2 Å². The second kappa shape index (κ2) is 6.41. The summed E-state index contributed by atoms with van der Waals surface area (Å²) < 4.78 is 27.4. The van der Waals surface area contributed by atoms with Crippen molar-refractivity contribution in [1.82, 2.24) is 10.0 Å². The highest BCUT2D eigenvalue weighted by Gasteiger charge is 2.25. The Bertz CT molecular complexity index is 520. The van der Waals surface area contributed by atoms with Crippen LogP contribution in [0.4, 0.5) is 0 Å². The van der Waals surface area contributed by atoms with Gasteiger partial charge in [-0.1, -0.05) is 29.3 Å². The van der Waals surface area contributed by atoms with E-state index < -0.39 is 10.0 Å². The van der Waals surface area contributed by atoms with E-state index in [1.807, 2.05) is 0 Å². The standard InChI is InChI=1S/C12H16Cl2N2O2S/c13-10-4-1-5-11(14)12(10)19(17,18)16-9-3-2-7-15-8-6-9/h1,4-5,9,15-16H,2-3,6-8H2. The van der Waals surface area contributed by atoms with Crippen LogP contribution in [0.15, 0.2) is 23.1 Å². The fraction of sp³-hybridized carbons (Fsp3) is 0.500. The van der Waals surface area contributed by atoms with Crippen LogP contribution in [0.1, 0.15) is 19.3 Å². The molecule has 1 unspecified atom stereocenters. The molecule has 4 nitrogen and oxygen atoms in total. The normalized spacial score (nSPS) is 21.1. The largest absolute Gasteiger partial charge is 0.317 e. The fourth-order valence-corrected chi connectivity index (χ4v) is 4.60. The van der Waals surface area contributed by atoms with Gasteiger partial charge in [0.15, 0.2) is 0 Å². The average Bonchev–Trinajstić information content (AvgIpc) is 2.56. The lowest BCUT2D eigenvalue weighted by molar-refractivity contribution is 0.518. The van der Waals surface area contributed by atoms with Crippen LogP contribution in [0.5, 0.6) is 0 Å². The van der Waals surface area contributed by atoms with Crippen molar-refractivity contribution in [3.63, 3.8) is 0 Å². The van der Waals surface area contributed by atoms with E-state index >= 15 is 0 Å². The molecule has 0 radical (unpaired) electrons. The summed E-state index contributed by atoms with van der Waals surface area (Å²) in [6.07, 6.45) is 2.53.